The van der Waals surface area contributed by atoms with Crippen molar-refractivity contribution >= 4 is 12.0 Å². The molecule has 0 saturated carbocycles. The van der Waals surface area contributed by atoms with Gasteiger partial charge in [0.1, 0.15) is 5.75 Å². The molecule has 1 atom stereocenters. The summed E-state index contributed by atoms with van der Waals surface area (Å²) in [5, 5.41) is 11.0. The average molecular weight is 320 g/mol. The van der Waals surface area contributed by atoms with Crippen LogP contribution in [-0.4, -0.2) is 37.0 Å². The first-order chi connectivity index (χ1) is 10.5. The molecule has 1 rings (SSSR count). The number of aryl methyl sites for hydroxylation is 1. The Bertz CT molecular complexity index is 557. The quantitative estimate of drug-likeness (QED) is 0.629. The minimum absolute atomic E-state index is 0.0169. The minimum atomic E-state index is -0.948. The maximum absolute atomic E-state index is 11.0. The van der Waals surface area contributed by atoms with Crippen molar-refractivity contribution in [3.63, 3.8) is 0 Å². The largest absolute Gasteiger partial charge is 0.496 e. The van der Waals surface area contributed by atoms with Crippen molar-refractivity contribution in [2.75, 3.05) is 20.7 Å². The number of rotatable bonds is 6. The van der Waals surface area contributed by atoms with E-state index in [0.717, 1.165) is 23.4 Å². The van der Waals surface area contributed by atoms with Gasteiger partial charge in [-0.2, -0.15) is 0 Å². The van der Waals surface area contributed by atoms with Crippen LogP contribution in [-0.2, 0) is 5.60 Å². The van der Waals surface area contributed by atoms with Crippen molar-refractivity contribution in [3.05, 3.63) is 23.3 Å². The van der Waals surface area contributed by atoms with Crippen LogP contribution in [0.3, 0.4) is 0 Å². The topological polar surface area (TPSA) is 45.1 Å². The fourth-order valence-corrected chi connectivity index (χ4v) is 2.78. The number of nitrogens with zero attached hydrogens (tertiary/aromatic N) is 2. The van der Waals surface area contributed by atoms with E-state index in [1.165, 1.54) is 0 Å². The third-order valence-electron chi connectivity index (χ3n) is 3.87. The van der Waals surface area contributed by atoms with Crippen LogP contribution in [0.1, 0.15) is 52.2 Å². The van der Waals surface area contributed by atoms with Crippen molar-refractivity contribution in [1.29, 1.82) is 0 Å². The summed E-state index contributed by atoms with van der Waals surface area (Å²) in [5.41, 5.74) is 1.77. The molecule has 0 amide bonds. The summed E-state index contributed by atoms with van der Waals surface area (Å²) in [6, 6.07) is 3.89. The number of methoxy groups -OCH3 is 1. The molecule has 0 aromatic heterocycles. The van der Waals surface area contributed by atoms with Crippen LogP contribution in [0.5, 0.6) is 5.75 Å². The second kappa shape index (κ2) is 7.35. The molecule has 0 heterocycles. The SMILES string of the molecule is CCN(C)C=Nc1cc(OC)c(C(C)(O)CC(C)(C)C)cc1C. The van der Waals surface area contributed by atoms with Crippen molar-refractivity contribution < 1.29 is 9.84 Å². The van der Waals surface area contributed by atoms with Gasteiger partial charge in [-0.1, -0.05) is 20.8 Å². The third-order valence-corrected chi connectivity index (χ3v) is 3.87. The molecule has 0 spiro atoms. The normalized spacial score (nSPS) is 14.8. The van der Waals surface area contributed by atoms with Crippen molar-refractivity contribution in [1.82, 2.24) is 4.90 Å². The summed E-state index contributed by atoms with van der Waals surface area (Å²) in [6.07, 6.45) is 2.46. The Morgan fingerprint density at radius 1 is 1.26 bits per heavy atom. The summed E-state index contributed by atoms with van der Waals surface area (Å²) < 4.78 is 5.53. The Labute approximate surface area is 141 Å². The van der Waals surface area contributed by atoms with Crippen LogP contribution in [0, 0.1) is 12.3 Å². The number of benzene rings is 1. The maximum atomic E-state index is 11.0. The molecule has 0 aliphatic rings. The van der Waals surface area contributed by atoms with Crippen LogP contribution in [0.2, 0.25) is 0 Å². The Morgan fingerprint density at radius 2 is 1.87 bits per heavy atom. The van der Waals surface area contributed by atoms with E-state index in [1.807, 2.05) is 44.3 Å². The molecule has 1 aromatic rings. The number of ether oxygens (including phenoxy) is 1. The van der Waals surface area contributed by atoms with Crippen LogP contribution < -0.4 is 4.74 Å². The van der Waals surface area contributed by atoms with Crippen LogP contribution >= 0.6 is 0 Å². The highest BCUT2D eigenvalue weighted by Gasteiger charge is 2.32. The molecule has 1 aromatic carbocycles. The standard InChI is InChI=1S/C19H32N2O2/c1-9-21(7)13-20-16-11-17(23-8)15(10-14(16)2)19(6,22)12-18(3,4)5/h10-11,13,22H,9,12H2,1-8H3. The molecule has 0 saturated heterocycles. The van der Waals surface area contributed by atoms with Crippen LogP contribution in [0.25, 0.3) is 0 Å². The lowest BCUT2D eigenvalue weighted by Crippen LogP contribution is -2.28. The van der Waals surface area contributed by atoms with E-state index < -0.39 is 5.60 Å². The Kier molecular flexibility index (Phi) is 6.23. The highest BCUT2D eigenvalue weighted by molar-refractivity contribution is 5.65. The van der Waals surface area contributed by atoms with Crippen molar-refractivity contribution in [3.8, 4) is 5.75 Å². The molecule has 4 nitrogen and oxygen atoms in total. The van der Waals surface area contributed by atoms with Crippen molar-refractivity contribution in [2.45, 2.75) is 53.6 Å². The molecule has 1 unspecified atom stereocenters. The lowest BCUT2D eigenvalue weighted by molar-refractivity contribution is 0.0131. The number of hydrogen-bond donors (Lipinski definition) is 1. The lowest BCUT2D eigenvalue weighted by atomic mass is 9.78. The Balaban J connectivity index is 3.26. The number of aliphatic imine (C=N–C) groups is 1. The maximum Gasteiger partial charge on any atom is 0.127 e. The summed E-state index contributed by atoms with van der Waals surface area (Å²) in [7, 11) is 3.62. The second-order valence-electron chi connectivity index (χ2n) is 7.67. The van der Waals surface area contributed by atoms with Gasteiger partial charge < -0.3 is 14.7 Å². The Hall–Kier alpha value is -1.55. The number of hydrogen-bond acceptors (Lipinski definition) is 3. The zero-order chi connectivity index (χ0) is 17.8. The first kappa shape index (κ1) is 19.5. The second-order valence-corrected chi connectivity index (χ2v) is 7.67. The van der Waals surface area contributed by atoms with E-state index in [2.05, 4.69) is 32.7 Å². The van der Waals surface area contributed by atoms with Gasteiger partial charge in [-0.3, -0.25) is 0 Å². The predicted octanol–water partition coefficient (Wildman–Crippen LogP) is 4.26. The monoisotopic (exact) mass is 320 g/mol. The average Bonchev–Trinajstić information content (AvgIpc) is 2.42. The van der Waals surface area contributed by atoms with E-state index in [-0.39, 0.29) is 5.41 Å². The molecule has 0 fully saturated rings. The molecule has 0 radical (unpaired) electrons. The fourth-order valence-electron chi connectivity index (χ4n) is 2.78. The molecule has 23 heavy (non-hydrogen) atoms. The van der Waals surface area contributed by atoms with Gasteiger partial charge in [0.05, 0.1) is 24.7 Å². The molecule has 0 bridgehead atoms. The van der Waals surface area contributed by atoms with E-state index in [4.69, 9.17) is 4.74 Å². The van der Waals surface area contributed by atoms with Crippen molar-refractivity contribution in [2.24, 2.45) is 10.4 Å². The zero-order valence-corrected chi connectivity index (χ0v) is 15.9. The first-order valence-corrected chi connectivity index (χ1v) is 8.16. The van der Waals surface area contributed by atoms with Gasteiger partial charge in [0.15, 0.2) is 0 Å². The Morgan fingerprint density at radius 3 is 2.35 bits per heavy atom. The highest BCUT2D eigenvalue weighted by Crippen LogP contribution is 2.41. The molecule has 4 heteroatoms. The van der Waals surface area contributed by atoms with Gasteiger partial charge in [0.2, 0.25) is 0 Å². The van der Waals surface area contributed by atoms with Crippen LogP contribution in [0.4, 0.5) is 5.69 Å². The predicted molar refractivity (Wildman–Crippen MR) is 97.8 cm³/mol. The molecule has 0 aliphatic carbocycles. The summed E-state index contributed by atoms with van der Waals surface area (Å²) in [5.74, 6) is 0.677. The van der Waals surface area contributed by atoms with Gasteiger partial charge in [-0.15, -0.1) is 0 Å². The van der Waals surface area contributed by atoms with Gasteiger partial charge >= 0.3 is 0 Å². The summed E-state index contributed by atoms with van der Waals surface area (Å²) in [6.45, 7) is 13.2. The van der Waals surface area contributed by atoms with Gasteiger partial charge in [-0.25, -0.2) is 4.99 Å². The fraction of sp³-hybridized carbons (Fsp3) is 0.632. The van der Waals surface area contributed by atoms with E-state index >= 15 is 0 Å². The highest BCUT2D eigenvalue weighted by atomic mass is 16.5. The molecular formula is C19H32N2O2. The van der Waals surface area contributed by atoms with Gasteiger partial charge in [-0.05, 0) is 44.2 Å². The number of aliphatic hydroxyl groups is 1. The molecule has 1 N–H and O–H groups in total. The van der Waals surface area contributed by atoms with E-state index in [1.54, 1.807) is 7.11 Å². The summed E-state index contributed by atoms with van der Waals surface area (Å²) >= 11 is 0. The third kappa shape index (κ3) is 5.54. The minimum Gasteiger partial charge on any atom is -0.496 e. The van der Waals surface area contributed by atoms with Gasteiger partial charge in [0.25, 0.3) is 0 Å². The summed E-state index contributed by atoms with van der Waals surface area (Å²) in [4.78, 5) is 6.53. The molecular weight excluding hydrogens is 288 g/mol. The van der Waals surface area contributed by atoms with Gasteiger partial charge in [0, 0.05) is 25.2 Å². The van der Waals surface area contributed by atoms with E-state index in [9.17, 15) is 5.11 Å². The lowest BCUT2D eigenvalue weighted by Gasteiger charge is -2.33. The molecule has 130 valence electrons. The smallest absolute Gasteiger partial charge is 0.127 e. The van der Waals surface area contributed by atoms with Crippen LogP contribution in [0.15, 0.2) is 17.1 Å². The molecule has 0 aliphatic heterocycles. The zero-order valence-electron chi connectivity index (χ0n) is 15.9. The first-order valence-electron chi connectivity index (χ1n) is 8.16. The van der Waals surface area contributed by atoms with E-state index in [0.29, 0.717) is 12.2 Å².